The molecule has 0 aliphatic heterocycles. The van der Waals surface area contributed by atoms with E-state index in [9.17, 15) is 9.59 Å². The second kappa shape index (κ2) is 7.59. The van der Waals surface area contributed by atoms with Crippen molar-refractivity contribution in [1.82, 2.24) is 5.32 Å². The van der Waals surface area contributed by atoms with E-state index >= 15 is 0 Å². The number of carbonyl (C=O) groups is 2. The maximum absolute atomic E-state index is 11.8. The van der Waals surface area contributed by atoms with Gasteiger partial charge in [0.2, 0.25) is 11.8 Å². The SMILES string of the molecule is CNC(=O)Cc1ccc(NC(=O)CCc2cccs2)cc1. The highest BCUT2D eigenvalue weighted by Crippen LogP contribution is 2.13. The molecule has 4 nitrogen and oxygen atoms in total. The van der Waals surface area contributed by atoms with Crippen molar-refractivity contribution in [2.45, 2.75) is 19.3 Å². The number of likely N-dealkylation sites (N-methyl/N-ethyl adjacent to an activating group) is 1. The van der Waals surface area contributed by atoms with Gasteiger partial charge in [-0.05, 0) is 35.6 Å². The molecule has 0 aliphatic rings. The Morgan fingerprint density at radius 2 is 1.86 bits per heavy atom. The van der Waals surface area contributed by atoms with Crippen LogP contribution in [0.2, 0.25) is 0 Å². The van der Waals surface area contributed by atoms with Gasteiger partial charge in [0.1, 0.15) is 0 Å². The highest BCUT2D eigenvalue weighted by Gasteiger charge is 2.05. The Morgan fingerprint density at radius 1 is 1.10 bits per heavy atom. The van der Waals surface area contributed by atoms with Crippen molar-refractivity contribution in [3.63, 3.8) is 0 Å². The third-order valence-electron chi connectivity index (χ3n) is 3.06. The summed E-state index contributed by atoms with van der Waals surface area (Å²) in [6.45, 7) is 0. The van der Waals surface area contributed by atoms with Crippen molar-refractivity contribution in [3.05, 3.63) is 52.2 Å². The van der Waals surface area contributed by atoms with Gasteiger partial charge in [0.15, 0.2) is 0 Å². The molecule has 5 heteroatoms. The van der Waals surface area contributed by atoms with Crippen molar-refractivity contribution in [3.8, 4) is 0 Å². The van der Waals surface area contributed by atoms with E-state index in [-0.39, 0.29) is 11.8 Å². The molecule has 2 amide bonds. The highest BCUT2D eigenvalue weighted by molar-refractivity contribution is 7.09. The molecule has 1 aromatic carbocycles. The maximum atomic E-state index is 11.8. The average molecular weight is 302 g/mol. The monoisotopic (exact) mass is 302 g/mol. The van der Waals surface area contributed by atoms with Crippen LogP contribution in [0.5, 0.6) is 0 Å². The summed E-state index contributed by atoms with van der Waals surface area (Å²) in [7, 11) is 1.62. The summed E-state index contributed by atoms with van der Waals surface area (Å²) in [5, 5.41) is 7.46. The van der Waals surface area contributed by atoms with E-state index in [0.29, 0.717) is 12.8 Å². The van der Waals surface area contributed by atoms with Crippen LogP contribution in [0.1, 0.15) is 16.9 Å². The molecule has 2 rings (SSSR count). The lowest BCUT2D eigenvalue weighted by Crippen LogP contribution is -2.19. The Bertz CT molecular complexity index is 591. The molecule has 0 saturated carbocycles. The van der Waals surface area contributed by atoms with Gasteiger partial charge < -0.3 is 10.6 Å². The van der Waals surface area contributed by atoms with Crippen LogP contribution in [0.15, 0.2) is 41.8 Å². The molecule has 0 unspecified atom stereocenters. The molecule has 1 heterocycles. The van der Waals surface area contributed by atoms with Gasteiger partial charge in [-0.25, -0.2) is 0 Å². The fourth-order valence-corrected chi connectivity index (χ4v) is 2.60. The van der Waals surface area contributed by atoms with E-state index in [1.54, 1.807) is 18.4 Å². The highest BCUT2D eigenvalue weighted by atomic mass is 32.1. The van der Waals surface area contributed by atoms with Crippen LogP contribution in [0.4, 0.5) is 5.69 Å². The number of rotatable bonds is 6. The fraction of sp³-hybridized carbons (Fsp3) is 0.250. The third kappa shape index (κ3) is 5.04. The number of carbonyl (C=O) groups excluding carboxylic acids is 2. The number of hydrogen-bond acceptors (Lipinski definition) is 3. The van der Waals surface area contributed by atoms with E-state index < -0.39 is 0 Å². The van der Waals surface area contributed by atoms with Gasteiger partial charge >= 0.3 is 0 Å². The molecule has 21 heavy (non-hydrogen) atoms. The third-order valence-corrected chi connectivity index (χ3v) is 4.00. The van der Waals surface area contributed by atoms with E-state index in [2.05, 4.69) is 10.6 Å². The first kappa shape index (κ1) is 15.3. The van der Waals surface area contributed by atoms with E-state index in [0.717, 1.165) is 17.7 Å². The van der Waals surface area contributed by atoms with Crippen LogP contribution in [-0.2, 0) is 22.4 Å². The molecule has 0 bridgehead atoms. The van der Waals surface area contributed by atoms with Gasteiger partial charge in [-0.2, -0.15) is 0 Å². The first-order valence-corrected chi connectivity index (χ1v) is 7.67. The van der Waals surface area contributed by atoms with Crippen molar-refractivity contribution in [2.24, 2.45) is 0 Å². The predicted octanol–water partition coefficient (Wildman–Crippen LogP) is 2.61. The van der Waals surface area contributed by atoms with Gasteiger partial charge in [-0.3, -0.25) is 9.59 Å². The zero-order valence-electron chi connectivity index (χ0n) is 11.9. The second-order valence-electron chi connectivity index (χ2n) is 4.67. The van der Waals surface area contributed by atoms with Crippen LogP contribution in [0, 0.1) is 0 Å². The topological polar surface area (TPSA) is 58.2 Å². The number of thiophene rings is 1. The summed E-state index contributed by atoms with van der Waals surface area (Å²) in [6, 6.07) is 11.4. The minimum atomic E-state index is -0.0252. The summed E-state index contributed by atoms with van der Waals surface area (Å²) >= 11 is 1.66. The quantitative estimate of drug-likeness (QED) is 0.862. The van der Waals surface area contributed by atoms with Crippen LogP contribution < -0.4 is 10.6 Å². The number of aryl methyl sites for hydroxylation is 1. The Balaban J connectivity index is 1.82. The minimum absolute atomic E-state index is 0.00227. The minimum Gasteiger partial charge on any atom is -0.359 e. The van der Waals surface area contributed by atoms with E-state index in [1.807, 2.05) is 41.8 Å². The summed E-state index contributed by atoms with van der Waals surface area (Å²) in [5.74, 6) is -0.0230. The van der Waals surface area contributed by atoms with Gasteiger partial charge in [-0.1, -0.05) is 18.2 Å². The first-order valence-electron chi connectivity index (χ1n) is 6.79. The van der Waals surface area contributed by atoms with E-state index in [4.69, 9.17) is 0 Å². The Morgan fingerprint density at radius 3 is 2.48 bits per heavy atom. The van der Waals surface area contributed by atoms with Gasteiger partial charge in [0, 0.05) is 24.0 Å². The molecular weight excluding hydrogens is 284 g/mol. The lowest BCUT2D eigenvalue weighted by molar-refractivity contribution is -0.120. The van der Waals surface area contributed by atoms with Gasteiger partial charge in [-0.15, -0.1) is 11.3 Å². The zero-order chi connectivity index (χ0) is 15.1. The largest absolute Gasteiger partial charge is 0.359 e. The molecule has 0 spiro atoms. The van der Waals surface area contributed by atoms with Gasteiger partial charge in [0.05, 0.1) is 6.42 Å². The molecule has 1 aromatic heterocycles. The van der Waals surface area contributed by atoms with Crippen LogP contribution in [0.3, 0.4) is 0 Å². The summed E-state index contributed by atoms with van der Waals surface area (Å²) in [5.41, 5.74) is 1.68. The maximum Gasteiger partial charge on any atom is 0.224 e. The Hall–Kier alpha value is -2.14. The molecule has 0 aliphatic carbocycles. The molecule has 2 N–H and O–H groups in total. The van der Waals surface area contributed by atoms with Crippen molar-refractivity contribution in [2.75, 3.05) is 12.4 Å². The van der Waals surface area contributed by atoms with Crippen LogP contribution in [0.25, 0.3) is 0 Å². The second-order valence-corrected chi connectivity index (χ2v) is 5.71. The lowest BCUT2D eigenvalue weighted by atomic mass is 10.1. The average Bonchev–Trinajstić information content (AvgIpc) is 3.00. The van der Waals surface area contributed by atoms with Crippen molar-refractivity contribution in [1.29, 1.82) is 0 Å². The van der Waals surface area contributed by atoms with E-state index in [1.165, 1.54) is 4.88 Å². The normalized spacial score (nSPS) is 10.1. The zero-order valence-corrected chi connectivity index (χ0v) is 12.7. The standard InChI is InChI=1S/C16H18N2O2S/c1-17-16(20)11-12-4-6-13(7-5-12)18-15(19)9-8-14-3-2-10-21-14/h2-7,10H,8-9,11H2,1H3,(H,17,20)(H,18,19). The lowest BCUT2D eigenvalue weighted by Gasteiger charge is -2.06. The summed E-state index contributed by atoms with van der Waals surface area (Å²) < 4.78 is 0. The molecule has 2 aromatic rings. The van der Waals surface area contributed by atoms with Crippen molar-refractivity contribution < 1.29 is 9.59 Å². The summed E-state index contributed by atoms with van der Waals surface area (Å²) in [6.07, 6.45) is 1.59. The molecule has 0 saturated heterocycles. The number of benzene rings is 1. The first-order chi connectivity index (χ1) is 10.2. The van der Waals surface area contributed by atoms with Crippen LogP contribution in [-0.4, -0.2) is 18.9 Å². The molecule has 110 valence electrons. The van der Waals surface area contributed by atoms with Crippen LogP contribution >= 0.6 is 11.3 Å². The molecule has 0 radical (unpaired) electrons. The smallest absolute Gasteiger partial charge is 0.224 e. The number of nitrogens with one attached hydrogen (secondary N) is 2. The fourth-order valence-electron chi connectivity index (χ4n) is 1.89. The van der Waals surface area contributed by atoms with Gasteiger partial charge in [0.25, 0.3) is 0 Å². The summed E-state index contributed by atoms with van der Waals surface area (Å²) in [4.78, 5) is 24.3. The van der Waals surface area contributed by atoms with Crippen molar-refractivity contribution >= 4 is 28.8 Å². The number of hydrogen-bond donors (Lipinski definition) is 2. The number of anilines is 1. The Kier molecular flexibility index (Phi) is 5.51. The Labute approximate surface area is 128 Å². The molecular formula is C16H18N2O2S. The molecule has 0 fully saturated rings. The number of amides is 2. The predicted molar refractivity (Wildman–Crippen MR) is 85.5 cm³/mol. The molecule has 0 atom stereocenters.